The lowest BCUT2D eigenvalue weighted by Gasteiger charge is -2.13. The molecule has 0 aliphatic heterocycles. The Morgan fingerprint density at radius 2 is 2.00 bits per heavy atom. The predicted octanol–water partition coefficient (Wildman–Crippen LogP) is 1.79. The summed E-state index contributed by atoms with van der Waals surface area (Å²) in [5, 5.41) is 5.83. The molecule has 0 saturated heterocycles. The number of para-hydroxylation sites is 1. The molecular formula is C11H10F3N3O3S. The van der Waals surface area contributed by atoms with E-state index in [4.69, 9.17) is 0 Å². The molecule has 0 saturated carbocycles. The van der Waals surface area contributed by atoms with E-state index in [1.807, 2.05) is 0 Å². The summed E-state index contributed by atoms with van der Waals surface area (Å²) in [4.78, 5) is -0.114. The van der Waals surface area contributed by atoms with Crippen molar-refractivity contribution in [2.45, 2.75) is 17.8 Å². The third-order valence-corrected chi connectivity index (χ3v) is 3.80. The fraction of sp³-hybridized carbons (Fsp3) is 0.182. The van der Waals surface area contributed by atoms with Crippen molar-refractivity contribution in [1.29, 1.82) is 0 Å². The first-order valence-corrected chi connectivity index (χ1v) is 7.08. The van der Waals surface area contributed by atoms with Gasteiger partial charge in [-0.1, -0.05) is 18.2 Å². The number of halogens is 3. The van der Waals surface area contributed by atoms with E-state index in [0.717, 1.165) is 18.5 Å². The molecule has 0 amide bonds. The van der Waals surface area contributed by atoms with Crippen LogP contribution in [0.1, 0.15) is 5.56 Å². The van der Waals surface area contributed by atoms with Gasteiger partial charge < -0.3 is 4.74 Å². The van der Waals surface area contributed by atoms with Crippen molar-refractivity contribution in [3.8, 4) is 5.75 Å². The van der Waals surface area contributed by atoms with Gasteiger partial charge in [0.15, 0.2) is 0 Å². The molecule has 0 radical (unpaired) electrons. The summed E-state index contributed by atoms with van der Waals surface area (Å²) in [5.41, 5.74) is 0.0573. The number of nitrogens with zero attached hydrogens (tertiary/aromatic N) is 1. The van der Waals surface area contributed by atoms with Gasteiger partial charge in [0.05, 0.1) is 6.20 Å². The molecule has 2 aromatic rings. The van der Waals surface area contributed by atoms with E-state index in [2.05, 4.69) is 19.7 Å². The zero-order valence-electron chi connectivity index (χ0n) is 10.4. The van der Waals surface area contributed by atoms with E-state index < -0.39 is 22.1 Å². The molecule has 1 aromatic heterocycles. The van der Waals surface area contributed by atoms with Gasteiger partial charge in [0.25, 0.3) is 0 Å². The molecule has 21 heavy (non-hydrogen) atoms. The Morgan fingerprint density at radius 3 is 2.62 bits per heavy atom. The highest BCUT2D eigenvalue weighted by Gasteiger charge is 2.32. The minimum Gasteiger partial charge on any atom is -0.405 e. The standard InChI is InChI=1S/C11H10F3N3O3S/c12-11(13,14)20-10-4-2-1-3-8(10)5-17-21(18,19)9-6-15-16-7-9/h1-4,6-7,17H,5H2,(H,15,16). The van der Waals surface area contributed by atoms with Crippen LogP contribution in [0.15, 0.2) is 41.6 Å². The average molecular weight is 321 g/mol. The quantitative estimate of drug-likeness (QED) is 0.879. The normalized spacial score (nSPS) is 12.3. The third kappa shape index (κ3) is 4.20. The van der Waals surface area contributed by atoms with Crippen LogP contribution in [-0.2, 0) is 16.6 Å². The third-order valence-electron chi connectivity index (χ3n) is 2.43. The van der Waals surface area contributed by atoms with Crippen LogP contribution in [0.25, 0.3) is 0 Å². The monoisotopic (exact) mass is 321 g/mol. The molecule has 1 aromatic carbocycles. The van der Waals surface area contributed by atoms with Gasteiger partial charge in [-0.15, -0.1) is 13.2 Å². The van der Waals surface area contributed by atoms with Crippen molar-refractivity contribution in [1.82, 2.24) is 14.9 Å². The maximum Gasteiger partial charge on any atom is 0.573 e. The lowest BCUT2D eigenvalue weighted by atomic mass is 10.2. The molecule has 114 valence electrons. The van der Waals surface area contributed by atoms with E-state index in [1.165, 1.54) is 18.2 Å². The number of alkyl halides is 3. The number of H-pyrrole nitrogens is 1. The van der Waals surface area contributed by atoms with Gasteiger partial charge in [0.2, 0.25) is 10.0 Å². The molecule has 6 nitrogen and oxygen atoms in total. The van der Waals surface area contributed by atoms with E-state index in [1.54, 1.807) is 0 Å². The number of benzene rings is 1. The minimum atomic E-state index is -4.85. The highest BCUT2D eigenvalue weighted by Crippen LogP contribution is 2.26. The van der Waals surface area contributed by atoms with Crippen LogP contribution in [0.4, 0.5) is 13.2 Å². The molecule has 0 spiro atoms. The van der Waals surface area contributed by atoms with Crippen LogP contribution < -0.4 is 9.46 Å². The molecule has 0 aliphatic carbocycles. The summed E-state index contributed by atoms with van der Waals surface area (Å²) >= 11 is 0. The number of rotatable bonds is 5. The van der Waals surface area contributed by atoms with Gasteiger partial charge in [-0.2, -0.15) is 5.10 Å². The largest absolute Gasteiger partial charge is 0.573 e. The minimum absolute atomic E-state index is 0.0573. The van der Waals surface area contributed by atoms with E-state index in [0.29, 0.717) is 0 Å². The Morgan fingerprint density at radius 1 is 1.29 bits per heavy atom. The average Bonchev–Trinajstić information content (AvgIpc) is 2.90. The van der Waals surface area contributed by atoms with Gasteiger partial charge in [-0.3, -0.25) is 5.10 Å². The molecule has 0 atom stereocenters. The smallest absolute Gasteiger partial charge is 0.405 e. The number of sulfonamides is 1. The van der Waals surface area contributed by atoms with Gasteiger partial charge in [-0.25, -0.2) is 13.1 Å². The topological polar surface area (TPSA) is 84.1 Å². The Labute approximate surface area is 118 Å². The number of aromatic nitrogens is 2. The van der Waals surface area contributed by atoms with Crippen LogP contribution in [0.2, 0.25) is 0 Å². The summed E-state index contributed by atoms with van der Waals surface area (Å²) < 4.78 is 66.4. The molecule has 0 unspecified atom stereocenters. The Balaban J connectivity index is 2.14. The molecule has 2 rings (SSSR count). The van der Waals surface area contributed by atoms with Crippen LogP contribution in [0.3, 0.4) is 0 Å². The van der Waals surface area contributed by atoms with Gasteiger partial charge in [-0.05, 0) is 6.07 Å². The number of hydrogen-bond acceptors (Lipinski definition) is 4. The zero-order chi connectivity index (χ0) is 15.5. The van der Waals surface area contributed by atoms with E-state index in [9.17, 15) is 21.6 Å². The molecule has 0 aliphatic rings. The Hall–Kier alpha value is -2.07. The molecule has 0 fully saturated rings. The molecule has 10 heteroatoms. The first-order valence-electron chi connectivity index (χ1n) is 5.60. The van der Waals surface area contributed by atoms with Gasteiger partial charge >= 0.3 is 6.36 Å². The molecule has 2 N–H and O–H groups in total. The van der Waals surface area contributed by atoms with Crippen LogP contribution in [-0.4, -0.2) is 25.0 Å². The van der Waals surface area contributed by atoms with Crippen LogP contribution in [0, 0.1) is 0 Å². The first kappa shape index (κ1) is 15.3. The van der Waals surface area contributed by atoms with E-state index >= 15 is 0 Å². The lowest BCUT2D eigenvalue weighted by molar-refractivity contribution is -0.274. The predicted molar refractivity (Wildman–Crippen MR) is 65.7 cm³/mol. The summed E-state index contributed by atoms with van der Waals surface area (Å²) in [6.45, 7) is -0.347. The van der Waals surface area contributed by atoms with Crippen LogP contribution >= 0.6 is 0 Å². The summed E-state index contributed by atoms with van der Waals surface area (Å²) in [6, 6.07) is 5.27. The zero-order valence-corrected chi connectivity index (χ0v) is 11.2. The number of hydrogen-bond donors (Lipinski definition) is 2. The summed E-state index contributed by atoms with van der Waals surface area (Å²) in [5.74, 6) is -0.458. The van der Waals surface area contributed by atoms with Gasteiger partial charge in [0, 0.05) is 18.3 Å². The van der Waals surface area contributed by atoms with Crippen molar-refractivity contribution in [3.63, 3.8) is 0 Å². The Bertz CT molecular complexity index is 699. The second-order valence-corrected chi connectivity index (χ2v) is 5.68. The fourth-order valence-electron chi connectivity index (χ4n) is 1.52. The van der Waals surface area contributed by atoms with Crippen molar-refractivity contribution in [2.75, 3.05) is 0 Å². The highest BCUT2D eigenvalue weighted by atomic mass is 32.2. The van der Waals surface area contributed by atoms with Crippen molar-refractivity contribution < 1.29 is 26.3 Å². The second-order valence-electron chi connectivity index (χ2n) is 3.91. The fourth-order valence-corrected chi connectivity index (χ4v) is 2.43. The maximum atomic E-state index is 12.2. The van der Waals surface area contributed by atoms with E-state index in [-0.39, 0.29) is 17.0 Å². The van der Waals surface area contributed by atoms with Crippen molar-refractivity contribution in [3.05, 3.63) is 42.2 Å². The Kier molecular flexibility index (Phi) is 4.19. The summed E-state index contributed by atoms with van der Waals surface area (Å²) in [6.07, 6.45) is -2.61. The number of aromatic amines is 1. The molecule has 1 heterocycles. The highest BCUT2D eigenvalue weighted by molar-refractivity contribution is 7.89. The first-order chi connectivity index (χ1) is 9.78. The molecular weight excluding hydrogens is 311 g/mol. The molecule has 0 bridgehead atoms. The number of nitrogens with one attached hydrogen (secondary N) is 2. The van der Waals surface area contributed by atoms with Gasteiger partial charge in [0.1, 0.15) is 10.6 Å². The van der Waals surface area contributed by atoms with Crippen molar-refractivity contribution >= 4 is 10.0 Å². The van der Waals surface area contributed by atoms with Crippen molar-refractivity contribution in [2.24, 2.45) is 0 Å². The summed E-state index contributed by atoms with van der Waals surface area (Å²) in [7, 11) is -3.86. The van der Waals surface area contributed by atoms with Crippen LogP contribution in [0.5, 0.6) is 5.75 Å². The SMILES string of the molecule is O=S(=O)(NCc1ccccc1OC(F)(F)F)c1cn[nH]c1. The second kappa shape index (κ2) is 5.74. The lowest BCUT2D eigenvalue weighted by Crippen LogP contribution is -2.24. The maximum absolute atomic E-state index is 12.2. The number of ether oxygens (including phenoxy) is 1.